The van der Waals surface area contributed by atoms with Crippen LogP contribution >= 0.6 is 0 Å². The summed E-state index contributed by atoms with van der Waals surface area (Å²) in [5, 5.41) is 5.94. The maximum Gasteiger partial charge on any atom is 0.258 e. The molecule has 6 nitrogen and oxygen atoms in total. The van der Waals surface area contributed by atoms with Crippen LogP contribution in [0.15, 0.2) is 30.6 Å². The molecule has 2 aromatic rings. The average Bonchev–Trinajstić information content (AvgIpc) is 2.53. The lowest BCUT2D eigenvalue weighted by Crippen LogP contribution is -2.15. The highest BCUT2D eigenvalue weighted by Crippen LogP contribution is 2.25. The van der Waals surface area contributed by atoms with E-state index in [1.807, 2.05) is 25.1 Å². The minimum Gasteiger partial charge on any atom is -0.495 e. The van der Waals surface area contributed by atoms with Gasteiger partial charge in [0.15, 0.2) is 0 Å². The molecular formula is C17H22N4O2. The molecule has 1 aromatic carbocycles. The van der Waals surface area contributed by atoms with Gasteiger partial charge in [-0.3, -0.25) is 4.79 Å². The minimum absolute atomic E-state index is 0.274. The van der Waals surface area contributed by atoms with Crippen molar-refractivity contribution in [3.05, 3.63) is 41.7 Å². The van der Waals surface area contributed by atoms with Crippen LogP contribution in [0, 0.1) is 12.8 Å². The number of nitrogens with zero attached hydrogens (tertiary/aromatic N) is 2. The van der Waals surface area contributed by atoms with Crippen LogP contribution in [0.2, 0.25) is 0 Å². The zero-order valence-corrected chi connectivity index (χ0v) is 13.9. The van der Waals surface area contributed by atoms with Gasteiger partial charge >= 0.3 is 0 Å². The summed E-state index contributed by atoms with van der Waals surface area (Å²) in [5.74, 6) is 1.35. The number of amides is 1. The number of carbonyl (C=O) groups excluding carboxylic acids is 1. The van der Waals surface area contributed by atoms with Crippen LogP contribution in [0.1, 0.15) is 29.8 Å². The second kappa shape index (κ2) is 7.58. The number of methoxy groups -OCH3 is 1. The molecule has 0 unspecified atom stereocenters. The smallest absolute Gasteiger partial charge is 0.258 e. The number of ether oxygens (including phenoxy) is 1. The number of benzene rings is 1. The first-order valence-corrected chi connectivity index (χ1v) is 7.51. The molecule has 0 aliphatic rings. The number of hydrogen-bond donors (Lipinski definition) is 2. The molecule has 0 radical (unpaired) electrons. The summed E-state index contributed by atoms with van der Waals surface area (Å²) in [6.45, 7) is 6.94. The first-order chi connectivity index (χ1) is 11.0. The van der Waals surface area contributed by atoms with Crippen molar-refractivity contribution >= 4 is 17.5 Å². The third-order valence-electron chi connectivity index (χ3n) is 3.19. The summed E-state index contributed by atoms with van der Waals surface area (Å²) < 4.78 is 5.25. The molecule has 0 aliphatic heterocycles. The highest BCUT2D eigenvalue weighted by Gasteiger charge is 2.11. The lowest BCUT2D eigenvalue weighted by molar-refractivity contribution is 0.102. The van der Waals surface area contributed by atoms with Gasteiger partial charge in [0.05, 0.1) is 18.4 Å². The summed E-state index contributed by atoms with van der Waals surface area (Å²) >= 11 is 0. The number of aryl methyl sites for hydroxylation is 1. The average molecular weight is 314 g/mol. The molecule has 2 rings (SSSR count). The second-order valence-corrected chi connectivity index (χ2v) is 5.73. The Morgan fingerprint density at radius 2 is 1.96 bits per heavy atom. The van der Waals surface area contributed by atoms with Crippen LogP contribution in [-0.2, 0) is 0 Å². The zero-order chi connectivity index (χ0) is 16.8. The van der Waals surface area contributed by atoms with Crippen LogP contribution in [0.25, 0.3) is 0 Å². The lowest BCUT2D eigenvalue weighted by atomic mass is 10.2. The van der Waals surface area contributed by atoms with E-state index in [9.17, 15) is 4.79 Å². The van der Waals surface area contributed by atoms with E-state index in [1.165, 1.54) is 12.4 Å². The van der Waals surface area contributed by atoms with Crippen molar-refractivity contribution in [1.29, 1.82) is 0 Å². The van der Waals surface area contributed by atoms with Crippen LogP contribution < -0.4 is 15.4 Å². The fourth-order valence-electron chi connectivity index (χ4n) is 1.95. The zero-order valence-electron chi connectivity index (χ0n) is 13.9. The molecule has 0 bridgehead atoms. The van der Waals surface area contributed by atoms with E-state index in [2.05, 4.69) is 34.4 Å². The molecule has 1 amide bonds. The van der Waals surface area contributed by atoms with Gasteiger partial charge in [-0.05, 0) is 30.5 Å². The Morgan fingerprint density at radius 1 is 1.26 bits per heavy atom. The monoisotopic (exact) mass is 314 g/mol. The predicted molar refractivity (Wildman–Crippen MR) is 91.0 cm³/mol. The first kappa shape index (κ1) is 16.7. The Bertz CT molecular complexity index is 669. The standard InChI is InChI=1S/C17H22N4O2/c1-11(2)8-18-17-19-9-13(10-20-17)16(22)21-14-7-12(3)5-6-15(14)23-4/h5-7,9-11H,8H2,1-4H3,(H,21,22)(H,18,19,20). The van der Waals surface area contributed by atoms with Crippen molar-refractivity contribution in [2.75, 3.05) is 24.3 Å². The van der Waals surface area contributed by atoms with Gasteiger partial charge in [-0.15, -0.1) is 0 Å². The molecule has 23 heavy (non-hydrogen) atoms. The minimum atomic E-state index is -0.274. The van der Waals surface area contributed by atoms with Crippen LogP contribution in [-0.4, -0.2) is 29.5 Å². The van der Waals surface area contributed by atoms with E-state index in [0.717, 1.165) is 12.1 Å². The molecule has 0 atom stereocenters. The molecule has 6 heteroatoms. The lowest BCUT2D eigenvalue weighted by Gasteiger charge is -2.11. The Morgan fingerprint density at radius 3 is 2.57 bits per heavy atom. The quantitative estimate of drug-likeness (QED) is 0.857. The van der Waals surface area contributed by atoms with E-state index in [4.69, 9.17) is 4.74 Å². The molecule has 2 N–H and O–H groups in total. The first-order valence-electron chi connectivity index (χ1n) is 7.51. The molecule has 1 aromatic heterocycles. The Labute approximate surface area is 136 Å². The van der Waals surface area contributed by atoms with E-state index in [1.54, 1.807) is 7.11 Å². The van der Waals surface area contributed by atoms with E-state index >= 15 is 0 Å². The summed E-state index contributed by atoms with van der Waals surface area (Å²) in [6.07, 6.45) is 3.01. The Kier molecular flexibility index (Phi) is 5.51. The number of rotatable bonds is 6. The molecule has 0 fully saturated rings. The van der Waals surface area contributed by atoms with Crippen molar-refractivity contribution in [2.45, 2.75) is 20.8 Å². The summed E-state index contributed by atoms with van der Waals surface area (Å²) in [5.41, 5.74) is 2.05. The Hall–Kier alpha value is -2.63. The van der Waals surface area contributed by atoms with Crippen molar-refractivity contribution in [3.8, 4) is 5.75 Å². The van der Waals surface area contributed by atoms with Gasteiger partial charge < -0.3 is 15.4 Å². The summed E-state index contributed by atoms with van der Waals surface area (Å²) in [7, 11) is 1.57. The summed E-state index contributed by atoms with van der Waals surface area (Å²) in [4.78, 5) is 20.6. The maximum atomic E-state index is 12.3. The van der Waals surface area contributed by atoms with Crippen LogP contribution in [0.3, 0.4) is 0 Å². The number of hydrogen-bond acceptors (Lipinski definition) is 5. The normalized spacial score (nSPS) is 10.5. The number of aromatic nitrogens is 2. The van der Waals surface area contributed by atoms with Crippen LogP contribution in [0.4, 0.5) is 11.6 Å². The molecular weight excluding hydrogens is 292 g/mol. The highest BCUT2D eigenvalue weighted by atomic mass is 16.5. The van der Waals surface area contributed by atoms with Gasteiger partial charge in [0.25, 0.3) is 5.91 Å². The van der Waals surface area contributed by atoms with Gasteiger partial charge in [0.2, 0.25) is 5.95 Å². The van der Waals surface area contributed by atoms with E-state index < -0.39 is 0 Å². The maximum absolute atomic E-state index is 12.3. The van der Waals surface area contributed by atoms with E-state index in [-0.39, 0.29) is 5.91 Å². The fraction of sp³-hybridized carbons (Fsp3) is 0.353. The van der Waals surface area contributed by atoms with Crippen molar-refractivity contribution in [3.63, 3.8) is 0 Å². The SMILES string of the molecule is COc1ccc(C)cc1NC(=O)c1cnc(NCC(C)C)nc1. The van der Waals surface area contributed by atoms with Crippen molar-refractivity contribution in [2.24, 2.45) is 5.92 Å². The molecule has 122 valence electrons. The van der Waals surface area contributed by atoms with Crippen LogP contribution in [0.5, 0.6) is 5.75 Å². The molecule has 0 aliphatic carbocycles. The summed E-state index contributed by atoms with van der Waals surface area (Å²) in [6, 6.07) is 5.60. The van der Waals surface area contributed by atoms with Gasteiger partial charge in [0.1, 0.15) is 5.75 Å². The van der Waals surface area contributed by atoms with Gasteiger partial charge in [-0.1, -0.05) is 19.9 Å². The fourth-order valence-corrected chi connectivity index (χ4v) is 1.95. The van der Waals surface area contributed by atoms with Crippen molar-refractivity contribution in [1.82, 2.24) is 9.97 Å². The molecule has 0 saturated carbocycles. The Balaban J connectivity index is 2.07. The highest BCUT2D eigenvalue weighted by molar-refractivity contribution is 6.04. The van der Waals surface area contributed by atoms with Gasteiger partial charge in [-0.25, -0.2) is 9.97 Å². The molecule has 1 heterocycles. The number of anilines is 2. The largest absolute Gasteiger partial charge is 0.495 e. The molecule has 0 saturated heterocycles. The molecule has 0 spiro atoms. The number of carbonyl (C=O) groups is 1. The number of nitrogens with one attached hydrogen (secondary N) is 2. The predicted octanol–water partition coefficient (Wildman–Crippen LogP) is 3.11. The van der Waals surface area contributed by atoms with E-state index in [0.29, 0.717) is 28.9 Å². The van der Waals surface area contributed by atoms with Crippen molar-refractivity contribution < 1.29 is 9.53 Å². The topological polar surface area (TPSA) is 76.1 Å². The van der Waals surface area contributed by atoms with Gasteiger partial charge in [-0.2, -0.15) is 0 Å². The third kappa shape index (κ3) is 4.67. The van der Waals surface area contributed by atoms with Gasteiger partial charge in [0, 0.05) is 18.9 Å². The second-order valence-electron chi connectivity index (χ2n) is 5.73. The third-order valence-corrected chi connectivity index (χ3v) is 3.19.